The normalized spacial score (nSPS) is 14.3. The fraction of sp³-hybridized carbons (Fsp3) is 0.833. The van der Waals surface area contributed by atoms with E-state index in [9.17, 15) is 4.79 Å². The zero-order valence-corrected chi connectivity index (χ0v) is 6.82. The average molecular weight is 164 g/mol. The Hall–Kier alpha value is -0.650. The summed E-state index contributed by atoms with van der Waals surface area (Å²) in [7, 11) is 0. The maximum atomic E-state index is 10.2. The van der Waals surface area contributed by atoms with Crippen LogP contribution in [0, 0.1) is 5.92 Å². The largest absolute Gasteiger partial charge is 0.480 e. The van der Waals surface area contributed by atoms with E-state index < -0.39 is 12.0 Å². The second-order valence-electron chi connectivity index (χ2n) is 2.25. The molecule has 0 aromatic carbocycles. The van der Waals surface area contributed by atoms with Crippen LogP contribution in [-0.2, 0) is 4.79 Å². The van der Waals surface area contributed by atoms with Crippen LogP contribution in [0.2, 0.25) is 0 Å². The lowest BCUT2D eigenvalue weighted by molar-refractivity contribution is -0.139. The van der Waals surface area contributed by atoms with E-state index in [0.29, 0.717) is 0 Å². The van der Waals surface area contributed by atoms with Gasteiger partial charge in [0, 0.05) is 0 Å². The Morgan fingerprint density at radius 2 is 1.91 bits per heavy atom. The second-order valence-corrected chi connectivity index (χ2v) is 2.25. The summed E-state index contributed by atoms with van der Waals surface area (Å²) in [6, 6.07) is -0.699. The molecule has 0 aliphatic rings. The van der Waals surface area contributed by atoms with Crippen molar-refractivity contribution in [2.45, 2.75) is 26.3 Å². The topological polar surface area (TPSA) is 110 Å². The van der Waals surface area contributed by atoms with Crippen LogP contribution < -0.4 is 11.6 Å². The van der Waals surface area contributed by atoms with Gasteiger partial charge in [0.1, 0.15) is 6.04 Å². The first-order valence-corrected chi connectivity index (χ1v) is 3.33. The van der Waals surface area contributed by atoms with Crippen LogP contribution >= 0.6 is 0 Å². The Bertz CT molecular complexity index is 108. The van der Waals surface area contributed by atoms with Crippen molar-refractivity contribution < 1.29 is 15.1 Å². The number of hydrogen-bond donors (Lipinski definition) is 4. The first-order chi connectivity index (χ1) is 5.09. The van der Waals surface area contributed by atoms with Gasteiger partial charge in [-0.2, -0.15) is 0 Å². The SMILES string of the molecule is CC[C@H](C)[C@H](N)C(=O)O.NO. The van der Waals surface area contributed by atoms with E-state index in [4.69, 9.17) is 16.0 Å². The molecule has 0 aliphatic heterocycles. The zero-order chi connectivity index (χ0) is 9.44. The van der Waals surface area contributed by atoms with E-state index in [-0.39, 0.29) is 5.92 Å². The van der Waals surface area contributed by atoms with Crippen LogP contribution in [0.15, 0.2) is 0 Å². The Balaban J connectivity index is 0. The summed E-state index contributed by atoms with van der Waals surface area (Å²) in [5.41, 5.74) is 5.27. The molecule has 0 amide bonds. The van der Waals surface area contributed by atoms with Crippen LogP contribution in [0.1, 0.15) is 20.3 Å². The number of aliphatic carboxylic acids is 1. The summed E-state index contributed by atoms with van der Waals surface area (Å²) in [6.07, 6.45) is 0.813. The first-order valence-electron chi connectivity index (χ1n) is 3.33. The van der Waals surface area contributed by atoms with Crippen molar-refractivity contribution in [3.05, 3.63) is 0 Å². The van der Waals surface area contributed by atoms with Crippen LogP contribution in [0.25, 0.3) is 0 Å². The third-order valence-corrected chi connectivity index (χ3v) is 1.54. The second kappa shape index (κ2) is 7.46. The van der Waals surface area contributed by atoms with Gasteiger partial charge in [-0.3, -0.25) is 4.79 Å². The third-order valence-electron chi connectivity index (χ3n) is 1.54. The lowest BCUT2D eigenvalue weighted by atomic mass is 10.0. The molecule has 0 bridgehead atoms. The number of carbonyl (C=O) groups is 1. The van der Waals surface area contributed by atoms with Gasteiger partial charge in [-0.15, -0.1) is 0 Å². The summed E-state index contributed by atoms with van der Waals surface area (Å²) >= 11 is 0. The molecular formula is C6H16N2O3. The molecule has 6 N–H and O–H groups in total. The van der Waals surface area contributed by atoms with Crippen molar-refractivity contribution in [3.8, 4) is 0 Å². The van der Waals surface area contributed by atoms with Crippen molar-refractivity contribution in [2.75, 3.05) is 0 Å². The monoisotopic (exact) mass is 164 g/mol. The standard InChI is InChI=1S/C6H13NO2.H3NO/c1-3-4(2)5(7)6(8)9;1-2/h4-5H,3,7H2,1-2H3,(H,8,9);2H,1H2/t4-,5-;/m0./s1. The molecule has 68 valence electrons. The van der Waals surface area contributed by atoms with E-state index in [0.717, 1.165) is 6.42 Å². The quantitative estimate of drug-likeness (QED) is 0.431. The molecular weight excluding hydrogens is 148 g/mol. The smallest absolute Gasteiger partial charge is 0.320 e. The van der Waals surface area contributed by atoms with Gasteiger partial charge >= 0.3 is 5.97 Å². The Morgan fingerprint density at radius 1 is 1.55 bits per heavy atom. The summed E-state index contributed by atoms with van der Waals surface area (Å²) in [5.74, 6) is 2.66. The molecule has 0 aromatic rings. The molecule has 0 aliphatic carbocycles. The number of carboxylic acids is 1. The fourth-order valence-corrected chi connectivity index (χ4v) is 0.497. The summed E-state index contributed by atoms with van der Waals surface area (Å²) in [5, 5.41) is 14.9. The molecule has 0 saturated carbocycles. The number of nitrogens with two attached hydrogens (primary N) is 2. The highest BCUT2D eigenvalue weighted by atomic mass is 16.4. The van der Waals surface area contributed by atoms with Gasteiger partial charge in [0.05, 0.1) is 0 Å². The summed E-state index contributed by atoms with van der Waals surface area (Å²) in [4.78, 5) is 10.2. The van der Waals surface area contributed by atoms with Gasteiger partial charge in [-0.25, -0.2) is 5.90 Å². The number of hydrogen-bond acceptors (Lipinski definition) is 4. The van der Waals surface area contributed by atoms with E-state index in [1.807, 2.05) is 13.8 Å². The van der Waals surface area contributed by atoms with Crippen molar-refractivity contribution >= 4 is 5.97 Å². The molecule has 0 fully saturated rings. The van der Waals surface area contributed by atoms with Crippen molar-refractivity contribution in [1.29, 1.82) is 0 Å². The lowest BCUT2D eigenvalue weighted by Gasteiger charge is -2.11. The molecule has 0 heterocycles. The maximum Gasteiger partial charge on any atom is 0.320 e. The van der Waals surface area contributed by atoms with Gasteiger partial charge in [0.25, 0.3) is 0 Å². The summed E-state index contributed by atoms with van der Waals surface area (Å²) in [6.45, 7) is 3.76. The van der Waals surface area contributed by atoms with Gasteiger partial charge in [-0.1, -0.05) is 20.3 Å². The molecule has 2 atom stereocenters. The molecule has 0 radical (unpaired) electrons. The lowest BCUT2D eigenvalue weighted by Crippen LogP contribution is -2.36. The average Bonchev–Trinajstić information content (AvgIpc) is 2.05. The third kappa shape index (κ3) is 5.78. The molecule has 5 nitrogen and oxygen atoms in total. The minimum absolute atomic E-state index is 0.0718. The molecule has 0 rings (SSSR count). The van der Waals surface area contributed by atoms with Gasteiger partial charge in [0.2, 0.25) is 0 Å². The Labute approximate surface area is 66.0 Å². The number of rotatable bonds is 3. The predicted octanol–water partition coefficient (Wildman–Crippen LogP) is -0.221. The fourth-order valence-electron chi connectivity index (χ4n) is 0.497. The Kier molecular flexibility index (Phi) is 8.80. The highest BCUT2D eigenvalue weighted by Gasteiger charge is 2.17. The minimum Gasteiger partial charge on any atom is -0.480 e. The molecule has 0 spiro atoms. The van der Waals surface area contributed by atoms with Gasteiger partial charge in [-0.05, 0) is 5.92 Å². The molecule has 0 aromatic heterocycles. The van der Waals surface area contributed by atoms with Crippen LogP contribution in [-0.4, -0.2) is 22.3 Å². The van der Waals surface area contributed by atoms with Crippen LogP contribution in [0.3, 0.4) is 0 Å². The van der Waals surface area contributed by atoms with Crippen molar-refractivity contribution in [2.24, 2.45) is 17.5 Å². The van der Waals surface area contributed by atoms with Crippen molar-refractivity contribution in [3.63, 3.8) is 0 Å². The van der Waals surface area contributed by atoms with Crippen LogP contribution in [0.5, 0.6) is 0 Å². The maximum absolute atomic E-state index is 10.2. The van der Waals surface area contributed by atoms with Gasteiger partial charge in [0.15, 0.2) is 0 Å². The van der Waals surface area contributed by atoms with Crippen molar-refractivity contribution in [1.82, 2.24) is 0 Å². The highest BCUT2D eigenvalue weighted by Crippen LogP contribution is 2.04. The van der Waals surface area contributed by atoms with Gasteiger partial charge < -0.3 is 16.0 Å². The highest BCUT2D eigenvalue weighted by molar-refractivity contribution is 5.73. The number of carboxylic acid groups (broad SMARTS) is 1. The zero-order valence-electron chi connectivity index (χ0n) is 6.82. The molecule has 0 saturated heterocycles. The molecule has 11 heavy (non-hydrogen) atoms. The van der Waals surface area contributed by atoms with Crippen LogP contribution in [0.4, 0.5) is 0 Å². The first kappa shape index (κ1) is 13.0. The van der Waals surface area contributed by atoms with E-state index in [1.165, 1.54) is 0 Å². The minimum atomic E-state index is -0.913. The Morgan fingerprint density at radius 3 is 2.00 bits per heavy atom. The molecule has 0 unspecified atom stereocenters. The van der Waals surface area contributed by atoms with E-state index in [2.05, 4.69) is 5.90 Å². The molecule has 5 heteroatoms. The van der Waals surface area contributed by atoms with E-state index >= 15 is 0 Å². The predicted molar refractivity (Wildman–Crippen MR) is 41.0 cm³/mol. The van der Waals surface area contributed by atoms with E-state index in [1.54, 1.807) is 0 Å². The summed E-state index contributed by atoms with van der Waals surface area (Å²) < 4.78 is 0.